The Hall–Kier alpha value is -0.183. The van der Waals surface area contributed by atoms with Gasteiger partial charge in [-0.1, -0.05) is 0 Å². The molecule has 0 nitrogen and oxygen atoms in total. The number of rotatable bonds is 0. The summed E-state index contributed by atoms with van der Waals surface area (Å²) in [6, 6.07) is 4.45. The van der Waals surface area contributed by atoms with E-state index in [-0.39, 0.29) is 0 Å². The Balaban J connectivity index is 3.31. The van der Waals surface area contributed by atoms with Gasteiger partial charge in [0.15, 0.2) is 0 Å². The number of hydrogen-bond acceptors (Lipinski definition) is 0. The molecule has 0 fully saturated rings. The van der Waals surface area contributed by atoms with Gasteiger partial charge in [-0.05, 0) is 0 Å². The van der Waals surface area contributed by atoms with Crippen LogP contribution in [0.4, 0.5) is 0 Å². The average molecular weight is 126 g/mol. The van der Waals surface area contributed by atoms with Crippen LogP contribution in [0.5, 0.6) is 0 Å². The Kier molecular flexibility index (Phi) is 2.24. The monoisotopic (exact) mass is 126 g/mol. The minimum atomic E-state index is 1.36. The second-order valence-corrected chi connectivity index (χ2v) is 3.02. The third kappa shape index (κ3) is 1.45. The van der Waals surface area contributed by atoms with Gasteiger partial charge in [-0.15, -0.1) is 0 Å². The average Bonchev–Trinajstić information content (AvgIpc) is 1.82. The summed E-state index contributed by atoms with van der Waals surface area (Å²) in [5.74, 6) is 0. The molecule has 0 saturated heterocycles. The normalized spacial score (nSPS) is 10.1. The standard InChI is InChI=1S/C9H11.Li/c1-7-4-5-8(2)9(3)6-7;/h4,6H,1-3H3;. The second kappa shape index (κ2) is 2.82. The maximum atomic E-state index is 2.22. The van der Waals surface area contributed by atoms with Crippen molar-refractivity contribution < 1.29 is 0 Å². The Morgan fingerprint density at radius 2 is 1.70 bits per heavy atom. The summed E-state index contributed by atoms with van der Waals surface area (Å²) in [4.78, 5) is 0. The van der Waals surface area contributed by atoms with E-state index < -0.39 is 0 Å². The molecule has 0 aliphatic heterocycles. The van der Waals surface area contributed by atoms with Crippen LogP contribution in [-0.2, 0) is 0 Å². The van der Waals surface area contributed by atoms with Crippen LogP contribution in [-0.4, -0.2) is 17.7 Å². The first-order chi connectivity index (χ1) is 4.61. The number of aryl methyl sites for hydroxylation is 2. The first-order valence-corrected chi connectivity index (χ1v) is 3.65. The topological polar surface area (TPSA) is 0 Å². The molecule has 0 saturated carbocycles. The fraction of sp³-hybridized carbons (Fsp3) is 0.333. The van der Waals surface area contributed by atoms with Crippen molar-refractivity contribution in [2.45, 2.75) is 20.8 Å². The van der Waals surface area contributed by atoms with E-state index in [2.05, 4.69) is 50.6 Å². The first kappa shape index (κ1) is 7.92. The molecule has 0 spiro atoms. The maximum absolute atomic E-state index is 2.22. The molecule has 48 valence electrons. The predicted molar refractivity (Wildman–Crippen MR) is 46.0 cm³/mol. The van der Waals surface area contributed by atoms with Crippen molar-refractivity contribution in [2.24, 2.45) is 0 Å². The van der Waals surface area contributed by atoms with E-state index in [1.165, 1.54) is 20.9 Å². The molecule has 0 radical (unpaired) electrons. The molecular formula is C9H11Li. The summed E-state index contributed by atoms with van der Waals surface area (Å²) in [5, 5.41) is 0. The SMILES string of the molecule is [Li][c]1cc(C)cc(C)c1C. The Bertz CT molecular complexity index is 228. The summed E-state index contributed by atoms with van der Waals surface area (Å²) in [5.41, 5.74) is 4.18. The summed E-state index contributed by atoms with van der Waals surface area (Å²) in [6.07, 6.45) is 0. The zero-order valence-electron chi connectivity index (χ0n) is 7.15. The molecule has 1 heteroatoms. The molecule has 1 aromatic carbocycles. The van der Waals surface area contributed by atoms with Gasteiger partial charge in [-0.2, -0.15) is 0 Å². The molecule has 1 rings (SSSR count). The minimum absolute atomic E-state index is 1.36. The summed E-state index contributed by atoms with van der Waals surface area (Å²) < 4.78 is 1.40. The van der Waals surface area contributed by atoms with Gasteiger partial charge >= 0.3 is 71.5 Å². The van der Waals surface area contributed by atoms with Crippen molar-refractivity contribution in [1.82, 2.24) is 0 Å². The fourth-order valence-electron chi connectivity index (χ4n) is 1.25. The van der Waals surface area contributed by atoms with Crippen molar-refractivity contribution in [3.05, 3.63) is 28.8 Å². The molecule has 0 aromatic heterocycles. The van der Waals surface area contributed by atoms with E-state index in [9.17, 15) is 0 Å². The van der Waals surface area contributed by atoms with Crippen molar-refractivity contribution in [3.63, 3.8) is 0 Å². The summed E-state index contributed by atoms with van der Waals surface area (Å²) >= 11 is 2.16. The van der Waals surface area contributed by atoms with Crippen molar-refractivity contribution in [2.75, 3.05) is 0 Å². The van der Waals surface area contributed by atoms with Crippen LogP contribution in [0.25, 0.3) is 0 Å². The van der Waals surface area contributed by atoms with E-state index in [0.717, 1.165) is 0 Å². The van der Waals surface area contributed by atoms with E-state index >= 15 is 0 Å². The Morgan fingerprint density at radius 3 is 2.20 bits per heavy atom. The molecule has 0 aliphatic carbocycles. The molecule has 1 aromatic rings. The number of hydrogen-bond donors (Lipinski definition) is 0. The van der Waals surface area contributed by atoms with Crippen LogP contribution in [0.2, 0.25) is 0 Å². The van der Waals surface area contributed by atoms with Gasteiger partial charge < -0.3 is 0 Å². The van der Waals surface area contributed by atoms with Gasteiger partial charge in [-0.25, -0.2) is 0 Å². The molecule has 0 bridgehead atoms. The zero-order valence-corrected chi connectivity index (χ0v) is 7.15. The van der Waals surface area contributed by atoms with Gasteiger partial charge in [0, 0.05) is 0 Å². The predicted octanol–water partition coefficient (Wildman–Crippen LogP) is 1.41. The van der Waals surface area contributed by atoms with Gasteiger partial charge in [0.2, 0.25) is 0 Å². The van der Waals surface area contributed by atoms with Crippen LogP contribution in [0.3, 0.4) is 0 Å². The second-order valence-electron chi connectivity index (χ2n) is 3.02. The van der Waals surface area contributed by atoms with E-state index in [4.69, 9.17) is 0 Å². The van der Waals surface area contributed by atoms with Gasteiger partial charge in [-0.3, -0.25) is 0 Å². The molecule has 0 aliphatic rings. The van der Waals surface area contributed by atoms with Crippen LogP contribution in [0.15, 0.2) is 12.1 Å². The van der Waals surface area contributed by atoms with Crippen molar-refractivity contribution >= 4 is 22.0 Å². The molecule has 0 unspecified atom stereocenters. The van der Waals surface area contributed by atoms with Gasteiger partial charge in [0.25, 0.3) is 0 Å². The van der Waals surface area contributed by atoms with Crippen molar-refractivity contribution in [1.29, 1.82) is 0 Å². The molecule has 10 heavy (non-hydrogen) atoms. The van der Waals surface area contributed by atoms with Gasteiger partial charge in [0.1, 0.15) is 0 Å². The molecular weight excluding hydrogens is 115 g/mol. The molecule has 0 heterocycles. The molecule has 0 N–H and O–H groups in total. The quantitative estimate of drug-likeness (QED) is 0.461. The third-order valence-corrected chi connectivity index (χ3v) is 2.07. The Morgan fingerprint density at radius 1 is 1.10 bits per heavy atom. The fourth-order valence-corrected chi connectivity index (χ4v) is 1.25. The Labute approximate surface area is 71.8 Å². The summed E-state index contributed by atoms with van der Waals surface area (Å²) in [6.45, 7) is 6.47. The van der Waals surface area contributed by atoms with Crippen molar-refractivity contribution in [3.8, 4) is 0 Å². The first-order valence-electron chi connectivity index (χ1n) is 3.65. The van der Waals surface area contributed by atoms with E-state index in [1.54, 1.807) is 0 Å². The third-order valence-electron chi connectivity index (χ3n) is 2.07. The van der Waals surface area contributed by atoms with Crippen LogP contribution < -0.4 is 4.24 Å². The molecule has 0 atom stereocenters. The van der Waals surface area contributed by atoms with E-state index in [1.807, 2.05) is 0 Å². The van der Waals surface area contributed by atoms with Crippen LogP contribution in [0, 0.1) is 20.8 Å². The zero-order chi connectivity index (χ0) is 7.72. The van der Waals surface area contributed by atoms with E-state index in [0.29, 0.717) is 0 Å². The van der Waals surface area contributed by atoms with Crippen LogP contribution in [0.1, 0.15) is 16.7 Å². The van der Waals surface area contributed by atoms with Gasteiger partial charge in [0.05, 0.1) is 0 Å². The van der Waals surface area contributed by atoms with Crippen LogP contribution >= 0.6 is 0 Å². The molecule has 0 amide bonds. The summed E-state index contributed by atoms with van der Waals surface area (Å²) in [7, 11) is 0. The number of benzene rings is 1.